The van der Waals surface area contributed by atoms with Crippen molar-refractivity contribution in [3.05, 3.63) is 33.8 Å². The number of esters is 1. The molecular weight excluding hydrogens is 343 g/mol. The normalized spacial score (nSPS) is 12.0. The molecule has 18 heavy (non-hydrogen) atoms. The summed E-state index contributed by atoms with van der Waals surface area (Å²) in [5.41, 5.74) is 0.399. The lowest BCUT2D eigenvalue weighted by Gasteiger charge is -2.09. The van der Waals surface area contributed by atoms with E-state index in [1.807, 2.05) is 0 Å². The van der Waals surface area contributed by atoms with Gasteiger partial charge in [-0.15, -0.1) is 0 Å². The van der Waals surface area contributed by atoms with Gasteiger partial charge in [-0.25, -0.2) is 0 Å². The van der Waals surface area contributed by atoms with Gasteiger partial charge in [0.1, 0.15) is 0 Å². The van der Waals surface area contributed by atoms with Crippen molar-refractivity contribution in [3.8, 4) is 0 Å². The lowest BCUT2D eigenvalue weighted by atomic mass is 10.1. The number of hydrogen-bond acceptors (Lipinski definition) is 3. The molecule has 1 atom stereocenters. The zero-order valence-electron chi connectivity index (χ0n) is 9.58. The van der Waals surface area contributed by atoms with Gasteiger partial charge < -0.3 is 4.74 Å². The highest BCUT2D eigenvalue weighted by molar-refractivity contribution is 9.10. The third-order valence-corrected chi connectivity index (χ3v) is 3.62. The third-order valence-electron chi connectivity index (χ3n) is 2.14. The Morgan fingerprint density at radius 1 is 1.33 bits per heavy atom. The van der Waals surface area contributed by atoms with Crippen LogP contribution >= 0.6 is 39.1 Å². The molecule has 0 aliphatic carbocycles. The average molecular weight is 354 g/mol. The SMILES string of the molecule is CCOC(=O)CC(Br)C(=O)c1ccc(Cl)c(Cl)c1. The number of rotatable bonds is 5. The molecule has 98 valence electrons. The Balaban J connectivity index is 2.74. The number of ether oxygens (including phenoxy) is 1. The topological polar surface area (TPSA) is 43.4 Å². The number of Topliss-reactive ketones (excluding diaryl/α,β-unsaturated/α-hetero) is 1. The quantitative estimate of drug-likeness (QED) is 0.458. The minimum absolute atomic E-state index is 0.0209. The second-order valence-electron chi connectivity index (χ2n) is 3.47. The summed E-state index contributed by atoms with van der Waals surface area (Å²) in [6, 6.07) is 4.59. The van der Waals surface area contributed by atoms with Crippen LogP contribution in [0, 0.1) is 0 Å². The maximum absolute atomic E-state index is 12.0. The van der Waals surface area contributed by atoms with Gasteiger partial charge in [-0.1, -0.05) is 39.1 Å². The number of hydrogen-bond donors (Lipinski definition) is 0. The van der Waals surface area contributed by atoms with Crippen LogP contribution in [-0.2, 0) is 9.53 Å². The lowest BCUT2D eigenvalue weighted by Crippen LogP contribution is -2.19. The summed E-state index contributed by atoms with van der Waals surface area (Å²) in [6.45, 7) is 2.00. The molecule has 6 heteroatoms. The Hall–Kier alpha value is -0.580. The summed E-state index contributed by atoms with van der Waals surface area (Å²) in [5.74, 6) is -0.658. The molecule has 0 aliphatic rings. The van der Waals surface area contributed by atoms with Crippen molar-refractivity contribution >= 4 is 50.9 Å². The first kappa shape index (κ1) is 15.5. The summed E-state index contributed by atoms with van der Waals surface area (Å²) in [6.07, 6.45) is -0.0209. The highest BCUT2D eigenvalue weighted by atomic mass is 79.9. The maximum atomic E-state index is 12.0. The second-order valence-corrected chi connectivity index (χ2v) is 5.39. The molecule has 0 spiro atoms. The van der Waals surface area contributed by atoms with Crippen LogP contribution < -0.4 is 0 Å². The molecule has 0 aliphatic heterocycles. The third kappa shape index (κ3) is 4.26. The standard InChI is InChI=1S/C12H11BrCl2O3/c1-2-18-11(16)6-8(13)12(17)7-3-4-9(14)10(15)5-7/h3-5,8H,2,6H2,1H3. The van der Waals surface area contributed by atoms with Crippen LogP contribution in [0.1, 0.15) is 23.7 Å². The Labute approximate surface area is 124 Å². The zero-order valence-corrected chi connectivity index (χ0v) is 12.7. The molecule has 3 nitrogen and oxygen atoms in total. The molecule has 0 N–H and O–H groups in total. The van der Waals surface area contributed by atoms with Gasteiger partial charge in [-0.3, -0.25) is 9.59 Å². The summed E-state index contributed by atoms with van der Waals surface area (Å²) >= 11 is 14.8. The molecule has 0 fully saturated rings. The summed E-state index contributed by atoms with van der Waals surface area (Å²) in [7, 11) is 0. The monoisotopic (exact) mass is 352 g/mol. The number of carbonyl (C=O) groups excluding carboxylic acids is 2. The second kappa shape index (κ2) is 7.12. The maximum Gasteiger partial charge on any atom is 0.307 e. The lowest BCUT2D eigenvalue weighted by molar-refractivity contribution is -0.142. The highest BCUT2D eigenvalue weighted by Crippen LogP contribution is 2.24. The van der Waals surface area contributed by atoms with Crippen LogP contribution in [0.5, 0.6) is 0 Å². The average Bonchev–Trinajstić information content (AvgIpc) is 2.32. The van der Waals surface area contributed by atoms with Gasteiger partial charge in [-0.05, 0) is 25.1 Å². The largest absolute Gasteiger partial charge is 0.466 e. The first-order valence-corrected chi connectivity index (χ1v) is 6.91. The van der Waals surface area contributed by atoms with E-state index < -0.39 is 10.8 Å². The van der Waals surface area contributed by atoms with Crippen LogP contribution in [0.3, 0.4) is 0 Å². The van der Waals surface area contributed by atoms with Crippen LogP contribution in [-0.4, -0.2) is 23.2 Å². The van der Waals surface area contributed by atoms with E-state index in [0.29, 0.717) is 22.2 Å². The fourth-order valence-corrected chi connectivity index (χ4v) is 2.12. The van der Waals surface area contributed by atoms with E-state index in [4.69, 9.17) is 27.9 Å². The van der Waals surface area contributed by atoms with E-state index in [-0.39, 0.29) is 12.2 Å². The Morgan fingerprint density at radius 3 is 2.56 bits per heavy atom. The molecule has 0 bridgehead atoms. The van der Waals surface area contributed by atoms with Crippen LogP contribution in [0.25, 0.3) is 0 Å². The van der Waals surface area contributed by atoms with Gasteiger partial charge in [0, 0.05) is 5.56 Å². The van der Waals surface area contributed by atoms with Crippen molar-refractivity contribution in [2.45, 2.75) is 18.2 Å². The molecule has 1 unspecified atom stereocenters. The molecule has 1 rings (SSSR count). The minimum atomic E-state index is -0.631. The van der Waals surface area contributed by atoms with Crippen molar-refractivity contribution in [1.29, 1.82) is 0 Å². The highest BCUT2D eigenvalue weighted by Gasteiger charge is 2.21. The smallest absolute Gasteiger partial charge is 0.307 e. The van der Waals surface area contributed by atoms with Gasteiger partial charge in [0.25, 0.3) is 0 Å². The van der Waals surface area contributed by atoms with Gasteiger partial charge in [0.15, 0.2) is 5.78 Å². The molecule has 0 saturated heterocycles. The predicted molar refractivity (Wildman–Crippen MR) is 74.8 cm³/mol. The van der Waals surface area contributed by atoms with Crippen molar-refractivity contribution < 1.29 is 14.3 Å². The molecule has 1 aromatic rings. The fraction of sp³-hybridized carbons (Fsp3) is 0.333. The van der Waals surface area contributed by atoms with Gasteiger partial charge in [-0.2, -0.15) is 0 Å². The number of ketones is 1. The molecule has 0 amide bonds. The van der Waals surface area contributed by atoms with Crippen molar-refractivity contribution in [1.82, 2.24) is 0 Å². The predicted octanol–water partition coefficient (Wildman–Crippen LogP) is 3.89. The molecule has 0 saturated carbocycles. The first-order valence-electron chi connectivity index (χ1n) is 5.24. The van der Waals surface area contributed by atoms with E-state index in [1.54, 1.807) is 19.1 Å². The molecule has 0 heterocycles. The van der Waals surface area contributed by atoms with Crippen molar-refractivity contribution in [2.24, 2.45) is 0 Å². The van der Waals surface area contributed by atoms with Crippen LogP contribution in [0.4, 0.5) is 0 Å². The summed E-state index contributed by atoms with van der Waals surface area (Å²) in [5, 5.41) is 0.683. The molecule has 0 aromatic heterocycles. The Bertz CT molecular complexity index is 463. The van der Waals surface area contributed by atoms with Crippen molar-refractivity contribution in [3.63, 3.8) is 0 Å². The van der Waals surface area contributed by atoms with Crippen LogP contribution in [0.2, 0.25) is 10.0 Å². The number of benzene rings is 1. The zero-order chi connectivity index (χ0) is 13.7. The first-order chi connectivity index (χ1) is 8.45. The van der Waals surface area contributed by atoms with E-state index in [2.05, 4.69) is 15.9 Å². The summed E-state index contributed by atoms with van der Waals surface area (Å²) in [4.78, 5) is 22.6. The van der Waals surface area contributed by atoms with E-state index in [0.717, 1.165) is 0 Å². The molecule has 1 aromatic carbocycles. The Kier molecular flexibility index (Phi) is 6.12. The Morgan fingerprint density at radius 2 is 2.00 bits per heavy atom. The minimum Gasteiger partial charge on any atom is -0.466 e. The summed E-state index contributed by atoms with van der Waals surface area (Å²) < 4.78 is 4.77. The molecule has 0 radical (unpaired) electrons. The molecular formula is C12H11BrCl2O3. The van der Waals surface area contributed by atoms with E-state index in [9.17, 15) is 9.59 Å². The fourth-order valence-electron chi connectivity index (χ4n) is 1.29. The van der Waals surface area contributed by atoms with E-state index >= 15 is 0 Å². The van der Waals surface area contributed by atoms with Gasteiger partial charge in [0.2, 0.25) is 0 Å². The number of carbonyl (C=O) groups is 2. The number of halogens is 3. The van der Waals surface area contributed by atoms with Gasteiger partial charge >= 0.3 is 5.97 Å². The van der Waals surface area contributed by atoms with E-state index in [1.165, 1.54) is 6.07 Å². The van der Waals surface area contributed by atoms with Crippen molar-refractivity contribution in [2.75, 3.05) is 6.61 Å². The van der Waals surface area contributed by atoms with Gasteiger partial charge in [0.05, 0.1) is 27.9 Å². The van der Waals surface area contributed by atoms with Crippen LogP contribution in [0.15, 0.2) is 18.2 Å². The number of alkyl halides is 1.